The number of nitrogens with zero attached hydrogens (tertiary/aromatic N) is 2. The Morgan fingerprint density at radius 3 is 2.22 bits per heavy atom. The molecular formula is C26H38N4O2. The van der Waals surface area contributed by atoms with Gasteiger partial charge in [0, 0.05) is 56.8 Å². The first-order valence-corrected chi connectivity index (χ1v) is 12.6. The smallest absolute Gasteiger partial charge is 0.226 e. The molecule has 0 unspecified atom stereocenters. The second kappa shape index (κ2) is 9.05. The van der Waals surface area contributed by atoms with Gasteiger partial charge in [0.25, 0.3) is 0 Å². The molecule has 0 atom stereocenters. The first kappa shape index (κ1) is 21.7. The molecule has 4 bridgehead atoms. The molecule has 1 aliphatic heterocycles. The summed E-state index contributed by atoms with van der Waals surface area (Å²) in [6.07, 6.45) is 7.56. The van der Waals surface area contributed by atoms with Crippen LogP contribution >= 0.6 is 0 Å². The molecule has 2 amide bonds. The van der Waals surface area contributed by atoms with Gasteiger partial charge in [-0.25, -0.2) is 0 Å². The fourth-order valence-electron chi connectivity index (χ4n) is 7.16. The molecule has 32 heavy (non-hydrogen) atoms. The van der Waals surface area contributed by atoms with Crippen molar-refractivity contribution in [2.45, 2.75) is 51.5 Å². The van der Waals surface area contributed by atoms with Gasteiger partial charge in [-0.15, -0.1) is 0 Å². The number of hydrogen-bond acceptors (Lipinski definition) is 4. The number of anilines is 1. The van der Waals surface area contributed by atoms with Crippen molar-refractivity contribution in [3.05, 3.63) is 29.8 Å². The maximum absolute atomic E-state index is 13.0. The van der Waals surface area contributed by atoms with E-state index in [0.29, 0.717) is 19.5 Å². The average Bonchev–Trinajstić information content (AvgIpc) is 2.77. The third-order valence-corrected chi connectivity index (χ3v) is 8.47. The fourth-order valence-corrected chi connectivity index (χ4v) is 7.16. The maximum Gasteiger partial charge on any atom is 0.226 e. The fraction of sp³-hybridized carbons (Fsp3) is 0.692. The summed E-state index contributed by atoms with van der Waals surface area (Å²) in [5, 5.41) is 6.19. The lowest BCUT2D eigenvalue weighted by Gasteiger charge is -2.55. The van der Waals surface area contributed by atoms with E-state index in [-0.39, 0.29) is 17.2 Å². The van der Waals surface area contributed by atoms with Crippen LogP contribution in [0, 0.1) is 23.2 Å². The van der Waals surface area contributed by atoms with Crippen LogP contribution in [0.5, 0.6) is 0 Å². The molecule has 5 fully saturated rings. The van der Waals surface area contributed by atoms with E-state index in [4.69, 9.17) is 0 Å². The molecule has 0 radical (unpaired) electrons. The van der Waals surface area contributed by atoms with Gasteiger partial charge in [-0.3, -0.25) is 9.59 Å². The van der Waals surface area contributed by atoms with Gasteiger partial charge in [-0.1, -0.05) is 18.2 Å². The molecule has 1 aromatic carbocycles. The van der Waals surface area contributed by atoms with Gasteiger partial charge in [-0.05, 0) is 75.0 Å². The molecule has 5 aliphatic rings. The molecule has 6 nitrogen and oxygen atoms in total. The van der Waals surface area contributed by atoms with Gasteiger partial charge >= 0.3 is 0 Å². The number of rotatable bonds is 7. The molecule has 6 heteroatoms. The van der Waals surface area contributed by atoms with Crippen molar-refractivity contribution in [1.82, 2.24) is 15.5 Å². The van der Waals surface area contributed by atoms with E-state index in [1.165, 1.54) is 24.9 Å². The van der Waals surface area contributed by atoms with Gasteiger partial charge in [-0.2, -0.15) is 0 Å². The van der Waals surface area contributed by atoms with Gasteiger partial charge in [0.2, 0.25) is 11.8 Å². The highest BCUT2D eigenvalue weighted by atomic mass is 16.2. The number of carbonyl (C=O) groups excluding carboxylic acids is 2. The van der Waals surface area contributed by atoms with Crippen LogP contribution in [-0.2, 0) is 16.1 Å². The van der Waals surface area contributed by atoms with Crippen molar-refractivity contribution >= 4 is 17.5 Å². The molecule has 174 valence electrons. The minimum Gasteiger partial charge on any atom is -0.369 e. The molecule has 0 aromatic heterocycles. The summed E-state index contributed by atoms with van der Waals surface area (Å²) >= 11 is 0. The molecule has 0 spiro atoms. The van der Waals surface area contributed by atoms with E-state index in [0.717, 1.165) is 68.8 Å². The van der Waals surface area contributed by atoms with Crippen molar-refractivity contribution in [2.24, 2.45) is 23.2 Å². The first-order chi connectivity index (χ1) is 15.5. The number of likely N-dealkylation sites (N-methyl/N-ethyl adjacent to an activating group) is 1. The SMILES string of the molecule is CN1CCN(c2ccccc2CNC(=O)CCNC(=O)C23CC4CC(CC(C4)C2)C3)CC1. The van der Waals surface area contributed by atoms with E-state index in [1.54, 1.807) is 0 Å². The Kier molecular flexibility index (Phi) is 6.15. The Labute approximate surface area is 192 Å². The van der Waals surface area contributed by atoms with E-state index in [1.807, 2.05) is 6.07 Å². The van der Waals surface area contributed by atoms with Gasteiger partial charge in [0.05, 0.1) is 0 Å². The summed E-state index contributed by atoms with van der Waals surface area (Å²) in [5.74, 6) is 2.50. The van der Waals surface area contributed by atoms with Crippen molar-refractivity contribution in [3.63, 3.8) is 0 Å². The lowest BCUT2D eigenvalue weighted by molar-refractivity contribution is -0.146. The highest BCUT2D eigenvalue weighted by molar-refractivity contribution is 5.84. The minimum absolute atomic E-state index is 0.00370. The zero-order valence-electron chi connectivity index (χ0n) is 19.4. The number of carbonyl (C=O) groups is 2. The third-order valence-electron chi connectivity index (χ3n) is 8.47. The zero-order chi connectivity index (χ0) is 22.1. The van der Waals surface area contributed by atoms with E-state index >= 15 is 0 Å². The number of nitrogens with one attached hydrogen (secondary N) is 2. The third kappa shape index (κ3) is 4.52. The summed E-state index contributed by atoms with van der Waals surface area (Å²) in [7, 11) is 2.16. The number of amides is 2. The van der Waals surface area contributed by atoms with Crippen LogP contribution in [0.25, 0.3) is 0 Å². The Balaban J connectivity index is 1.09. The highest BCUT2D eigenvalue weighted by Gasteiger charge is 2.54. The van der Waals surface area contributed by atoms with Crippen LogP contribution in [0.1, 0.15) is 50.5 Å². The molecule has 1 heterocycles. The number of para-hydroxylation sites is 1. The second-order valence-electron chi connectivity index (χ2n) is 10.9. The summed E-state index contributed by atoms with van der Waals surface area (Å²) in [5.41, 5.74) is 2.24. The van der Waals surface area contributed by atoms with Crippen molar-refractivity contribution in [2.75, 3.05) is 44.7 Å². The Bertz CT molecular complexity index is 811. The number of benzene rings is 1. The molecule has 6 rings (SSSR count). The summed E-state index contributed by atoms with van der Waals surface area (Å²) in [6, 6.07) is 8.35. The monoisotopic (exact) mass is 438 g/mol. The van der Waals surface area contributed by atoms with Gasteiger partial charge in [0.1, 0.15) is 0 Å². The summed E-state index contributed by atoms with van der Waals surface area (Å²) in [6.45, 7) is 5.11. The van der Waals surface area contributed by atoms with Crippen LogP contribution in [0.4, 0.5) is 5.69 Å². The highest BCUT2D eigenvalue weighted by Crippen LogP contribution is 2.60. The molecule has 1 saturated heterocycles. The molecule has 2 N–H and O–H groups in total. The Hall–Kier alpha value is -2.08. The van der Waals surface area contributed by atoms with Crippen molar-refractivity contribution < 1.29 is 9.59 Å². The van der Waals surface area contributed by atoms with Crippen LogP contribution in [-0.4, -0.2) is 56.5 Å². The lowest BCUT2D eigenvalue weighted by Crippen LogP contribution is -2.53. The van der Waals surface area contributed by atoms with Gasteiger partial charge in [0.15, 0.2) is 0 Å². The predicted octanol–water partition coefficient (Wildman–Crippen LogP) is 2.78. The molecule has 4 saturated carbocycles. The predicted molar refractivity (Wildman–Crippen MR) is 126 cm³/mol. The van der Waals surface area contributed by atoms with E-state index in [9.17, 15) is 9.59 Å². The van der Waals surface area contributed by atoms with Crippen LogP contribution in [0.15, 0.2) is 24.3 Å². The number of hydrogen-bond donors (Lipinski definition) is 2. The van der Waals surface area contributed by atoms with Crippen LogP contribution in [0.3, 0.4) is 0 Å². The van der Waals surface area contributed by atoms with Crippen LogP contribution in [0.2, 0.25) is 0 Å². The topological polar surface area (TPSA) is 64.7 Å². The second-order valence-corrected chi connectivity index (χ2v) is 10.9. The van der Waals surface area contributed by atoms with Gasteiger partial charge < -0.3 is 20.4 Å². The first-order valence-electron chi connectivity index (χ1n) is 12.6. The van der Waals surface area contributed by atoms with Crippen molar-refractivity contribution in [1.29, 1.82) is 0 Å². The van der Waals surface area contributed by atoms with E-state index in [2.05, 4.69) is 45.7 Å². The number of piperazine rings is 1. The zero-order valence-corrected chi connectivity index (χ0v) is 19.4. The summed E-state index contributed by atoms with van der Waals surface area (Å²) < 4.78 is 0. The normalized spacial score (nSPS) is 31.5. The Morgan fingerprint density at radius 1 is 0.938 bits per heavy atom. The van der Waals surface area contributed by atoms with Crippen LogP contribution < -0.4 is 15.5 Å². The molecule has 4 aliphatic carbocycles. The largest absolute Gasteiger partial charge is 0.369 e. The standard InChI is InChI=1S/C26H38N4O2/c1-29-8-10-30(11-9-29)23-5-3-2-4-22(23)18-28-24(31)6-7-27-25(32)26-15-19-12-20(16-26)14-21(13-19)17-26/h2-5,19-21H,6-18H2,1H3,(H,27,32)(H,28,31). The molecular weight excluding hydrogens is 400 g/mol. The maximum atomic E-state index is 13.0. The molecule has 1 aromatic rings. The Morgan fingerprint density at radius 2 is 1.56 bits per heavy atom. The van der Waals surface area contributed by atoms with Crippen molar-refractivity contribution in [3.8, 4) is 0 Å². The lowest BCUT2D eigenvalue weighted by atomic mass is 9.49. The average molecular weight is 439 g/mol. The quantitative estimate of drug-likeness (QED) is 0.687. The van der Waals surface area contributed by atoms with E-state index < -0.39 is 0 Å². The minimum atomic E-state index is -0.132. The summed E-state index contributed by atoms with van der Waals surface area (Å²) in [4.78, 5) is 30.3.